The molecule has 0 atom stereocenters. The molecule has 0 unspecified atom stereocenters. The number of pyridine rings is 2. The van der Waals surface area contributed by atoms with E-state index in [2.05, 4.69) is 22.2 Å². The largest absolute Gasteiger partial charge is 0.396 e. The quantitative estimate of drug-likeness (QED) is 0.614. The minimum Gasteiger partial charge on any atom is -0.396 e. The van der Waals surface area contributed by atoms with Crippen LogP contribution in [-0.2, 0) is 6.54 Å². The summed E-state index contributed by atoms with van der Waals surface area (Å²) in [6.45, 7) is 4.50. The maximum atomic E-state index is 13.7. The van der Waals surface area contributed by atoms with Crippen molar-refractivity contribution in [1.29, 1.82) is 0 Å². The number of nitrogen functional groups attached to an aromatic ring is 1. The number of rotatable bonds is 4. The molecule has 8 heteroatoms. The number of piperidine rings is 1. The Labute approximate surface area is 179 Å². The summed E-state index contributed by atoms with van der Waals surface area (Å²) in [4.78, 5) is 20.1. The summed E-state index contributed by atoms with van der Waals surface area (Å²) in [5.74, 6) is 0.155. The zero-order valence-corrected chi connectivity index (χ0v) is 17.8. The van der Waals surface area contributed by atoms with E-state index in [1.54, 1.807) is 16.8 Å². The third-order valence-corrected chi connectivity index (χ3v) is 6.05. The van der Waals surface area contributed by atoms with Crippen molar-refractivity contribution in [2.24, 2.45) is 0 Å². The lowest BCUT2D eigenvalue weighted by Crippen LogP contribution is -2.36. The van der Waals surface area contributed by atoms with Crippen molar-refractivity contribution < 1.29 is 4.39 Å². The van der Waals surface area contributed by atoms with E-state index >= 15 is 0 Å². The number of nitrogens with zero attached hydrogens (tertiary/aromatic N) is 3. The highest BCUT2D eigenvalue weighted by Gasteiger charge is 2.18. The molecule has 1 aliphatic rings. The van der Waals surface area contributed by atoms with Gasteiger partial charge in [0.2, 0.25) is 0 Å². The maximum Gasteiger partial charge on any atom is 0.258 e. The molecule has 3 N–H and O–H groups in total. The van der Waals surface area contributed by atoms with E-state index in [0.29, 0.717) is 23.7 Å². The van der Waals surface area contributed by atoms with Crippen LogP contribution >= 0.6 is 11.6 Å². The van der Waals surface area contributed by atoms with Crippen LogP contribution in [0.4, 0.5) is 15.9 Å². The first-order valence-corrected chi connectivity index (χ1v) is 10.5. The molecule has 1 saturated heterocycles. The predicted octanol–water partition coefficient (Wildman–Crippen LogP) is 3.96. The van der Waals surface area contributed by atoms with Crippen molar-refractivity contribution in [3.05, 3.63) is 51.7 Å². The highest BCUT2D eigenvalue weighted by atomic mass is 35.5. The molecule has 30 heavy (non-hydrogen) atoms. The molecule has 3 aromatic rings. The predicted molar refractivity (Wildman–Crippen MR) is 121 cm³/mol. The Hall–Kier alpha value is -2.64. The van der Waals surface area contributed by atoms with Crippen LogP contribution in [-0.4, -0.2) is 40.6 Å². The summed E-state index contributed by atoms with van der Waals surface area (Å²) >= 11 is 6.23. The van der Waals surface area contributed by atoms with Gasteiger partial charge in [0.15, 0.2) is 0 Å². The molecule has 0 saturated carbocycles. The van der Waals surface area contributed by atoms with Gasteiger partial charge in [0.1, 0.15) is 11.6 Å². The van der Waals surface area contributed by atoms with Crippen LogP contribution in [0.25, 0.3) is 22.0 Å². The monoisotopic (exact) mass is 429 g/mol. The van der Waals surface area contributed by atoms with Gasteiger partial charge in [-0.05, 0) is 58.1 Å². The van der Waals surface area contributed by atoms with Crippen LogP contribution in [0.15, 0.2) is 35.3 Å². The molecule has 6 nitrogen and oxygen atoms in total. The third kappa shape index (κ3) is 3.87. The van der Waals surface area contributed by atoms with E-state index in [4.69, 9.17) is 17.3 Å². The van der Waals surface area contributed by atoms with Crippen molar-refractivity contribution >= 4 is 34.0 Å². The first-order chi connectivity index (χ1) is 14.4. The second-order valence-electron chi connectivity index (χ2n) is 7.81. The lowest BCUT2D eigenvalue weighted by Gasteiger charge is -2.29. The summed E-state index contributed by atoms with van der Waals surface area (Å²) in [6, 6.07) is 6.58. The van der Waals surface area contributed by atoms with Gasteiger partial charge in [-0.3, -0.25) is 4.79 Å². The molecule has 1 fully saturated rings. The molecule has 1 aromatic carbocycles. The number of hydrogen-bond acceptors (Lipinski definition) is 5. The number of anilines is 2. The van der Waals surface area contributed by atoms with Gasteiger partial charge in [0.25, 0.3) is 5.56 Å². The number of nitrogens with two attached hydrogens (primary N) is 1. The number of aromatic nitrogens is 2. The van der Waals surface area contributed by atoms with Gasteiger partial charge < -0.3 is 20.5 Å². The molecule has 4 rings (SSSR count). The molecular formula is C22H25ClFN5O. The number of likely N-dealkylation sites (tertiary alicyclic amines) is 1. The number of benzene rings is 1. The van der Waals surface area contributed by atoms with Crippen molar-refractivity contribution in [2.45, 2.75) is 32.4 Å². The molecule has 0 aliphatic carbocycles. The number of halogens is 2. The second-order valence-corrected chi connectivity index (χ2v) is 8.22. The molecule has 1 aliphatic heterocycles. The smallest absolute Gasteiger partial charge is 0.258 e. The Kier molecular flexibility index (Phi) is 5.66. The standard InChI is InChI=1S/C22H25ClFN5O/c1-3-29-20-11-21(27-14-4-6-28(2)7-5-14)26-12-13(20)8-16(22(29)30)15-9-19(25)18(24)10-17(15)23/h8-12,14H,3-7,25H2,1-2H3,(H,26,27). The average molecular weight is 430 g/mol. The van der Waals surface area contributed by atoms with Gasteiger partial charge in [-0.15, -0.1) is 0 Å². The normalized spacial score (nSPS) is 15.6. The van der Waals surface area contributed by atoms with E-state index in [1.165, 1.54) is 6.07 Å². The topological polar surface area (TPSA) is 76.2 Å². The lowest BCUT2D eigenvalue weighted by molar-refractivity contribution is 0.263. The summed E-state index contributed by atoms with van der Waals surface area (Å²) in [5.41, 5.74) is 7.05. The van der Waals surface area contributed by atoms with Gasteiger partial charge in [0, 0.05) is 41.4 Å². The number of aryl methyl sites for hydroxylation is 1. The number of hydrogen-bond donors (Lipinski definition) is 2. The Morgan fingerprint density at radius 2 is 1.97 bits per heavy atom. The Bertz CT molecular complexity index is 1150. The SMILES string of the molecule is CCn1c(=O)c(-c2cc(N)c(F)cc2Cl)cc2cnc(NC3CCN(C)CC3)cc21. The summed E-state index contributed by atoms with van der Waals surface area (Å²) in [5, 5.41) is 4.45. The van der Waals surface area contributed by atoms with Crippen molar-refractivity contribution in [1.82, 2.24) is 14.5 Å². The molecule has 0 spiro atoms. The van der Waals surface area contributed by atoms with Crippen LogP contribution in [0.2, 0.25) is 5.02 Å². The van der Waals surface area contributed by atoms with E-state index in [0.717, 1.165) is 48.7 Å². The Balaban J connectivity index is 1.77. The second kappa shape index (κ2) is 8.24. The van der Waals surface area contributed by atoms with Crippen molar-refractivity contribution in [3.8, 4) is 11.1 Å². The fraction of sp³-hybridized carbons (Fsp3) is 0.364. The molecule has 2 aromatic heterocycles. The number of fused-ring (bicyclic) bond motifs is 1. The molecule has 3 heterocycles. The van der Waals surface area contributed by atoms with Crippen LogP contribution in [0.5, 0.6) is 0 Å². The fourth-order valence-corrected chi connectivity index (χ4v) is 4.24. The van der Waals surface area contributed by atoms with Gasteiger partial charge in [-0.2, -0.15) is 0 Å². The zero-order chi connectivity index (χ0) is 21.4. The van der Waals surface area contributed by atoms with Gasteiger partial charge >= 0.3 is 0 Å². The van der Waals surface area contributed by atoms with Gasteiger partial charge in [-0.1, -0.05) is 11.6 Å². The highest BCUT2D eigenvalue weighted by molar-refractivity contribution is 6.33. The van der Waals surface area contributed by atoms with E-state index in [1.807, 2.05) is 13.0 Å². The molecule has 0 amide bonds. The average Bonchev–Trinajstić information content (AvgIpc) is 2.72. The molecule has 158 valence electrons. The summed E-state index contributed by atoms with van der Waals surface area (Å²) in [7, 11) is 2.13. The Morgan fingerprint density at radius 3 is 2.67 bits per heavy atom. The first kappa shape index (κ1) is 20.6. The van der Waals surface area contributed by atoms with E-state index in [9.17, 15) is 9.18 Å². The molecular weight excluding hydrogens is 405 g/mol. The summed E-state index contributed by atoms with van der Waals surface area (Å²) < 4.78 is 15.4. The molecule has 0 bridgehead atoms. The summed E-state index contributed by atoms with van der Waals surface area (Å²) in [6.07, 6.45) is 3.86. The molecule has 0 radical (unpaired) electrons. The zero-order valence-electron chi connectivity index (χ0n) is 17.1. The van der Waals surface area contributed by atoms with Crippen LogP contribution < -0.4 is 16.6 Å². The van der Waals surface area contributed by atoms with Crippen LogP contribution in [0, 0.1) is 5.82 Å². The third-order valence-electron chi connectivity index (χ3n) is 5.74. The van der Waals surface area contributed by atoms with Gasteiger partial charge in [-0.25, -0.2) is 9.37 Å². The first-order valence-electron chi connectivity index (χ1n) is 10.1. The van der Waals surface area contributed by atoms with E-state index < -0.39 is 5.82 Å². The maximum absolute atomic E-state index is 13.7. The van der Waals surface area contributed by atoms with Crippen LogP contribution in [0.3, 0.4) is 0 Å². The minimum absolute atomic E-state index is 0.0484. The lowest BCUT2D eigenvalue weighted by atomic mass is 10.0. The van der Waals surface area contributed by atoms with Gasteiger partial charge in [0.05, 0.1) is 16.2 Å². The fourth-order valence-electron chi connectivity index (χ4n) is 3.99. The number of nitrogens with one attached hydrogen (secondary N) is 1. The highest BCUT2D eigenvalue weighted by Crippen LogP contribution is 2.31. The van der Waals surface area contributed by atoms with E-state index in [-0.39, 0.29) is 16.3 Å². The Morgan fingerprint density at radius 1 is 1.23 bits per heavy atom. The minimum atomic E-state index is -0.605. The van der Waals surface area contributed by atoms with Crippen LogP contribution in [0.1, 0.15) is 19.8 Å². The van der Waals surface area contributed by atoms with Crippen molar-refractivity contribution in [3.63, 3.8) is 0 Å². The van der Waals surface area contributed by atoms with Crippen molar-refractivity contribution in [2.75, 3.05) is 31.2 Å².